The molecule has 0 spiro atoms. The normalized spacial score (nSPS) is 17.5. The van der Waals surface area contributed by atoms with Gasteiger partial charge in [0.15, 0.2) is 0 Å². The van der Waals surface area contributed by atoms with Gasteiger partial charge in [0.05, 0.1) is 12.6 Å². The second-order valence-corrected chi connectivity index (χ2v) is 10.2. The number of nitrogens with one attached hydrogen (secondary N) is 1. The molecule has 2 aromatic rings. The minimum atomic E-state index is -0.631. The van der Waals surface area contributed by atoms with Gasteiger partial charge in [-0.2, -0.15) is 0 Å². The minimum Gasteiger partial charge on any atom is -0.493 e. The molecule has 198 valence electrons. The highest BCUT2D eigenvalue weighted by Gasteiger charge is 2.35. The molecule has 9 heteroatoms. The Kier molecular flexibility index (Phi) is 8.21. The molecule has 3 amide bonds. The van der Waals surface area contributed by atoms with Crippen LogP contribution in [0.4, 0.5) is 9.59 Å². The van der Waals surface area contributed by atoms with Gasteiger partial charge >= 0.3 is 12.2 Å². The number of ether oxygens (including phenoxy) is 3. The first kappa shape index (κ1) is 26.3. The van der Waals surface area contributed by atoms with Crippen molar-refractivity contribution in [2.24, 2.45) is 0 Å². The summed E-state index contributed by atoms with van der Waals surface area (Å²) < 4.78 is 17.2. The molecule has 1 saturated heterocycles. The van der Waals surface area contributed by atoms with Gasteiger partial charge in [-0.15, -0.1) is 0 Å². The van der Waals surface area contributed by atoms with Gasteiger partial charge in [0.1, 0.15) is 18.0 Å². The first-order chi connectivity index (χ1) is 17.7. The van der Waals surface area contributed by atoms with E-state index in [9.17, 15) is 14.4 Å². The quantitative estimate of drug-likeness (QED) is 0.632. The number of carbonyl (C=O) groups excluding carboxylic acids is 3. The summed E-state index contributed by atoms with van der Waals surface area (Å²) in [6.07, 6.45) is 0.355. The van der Waals surface area contributed by atoms with Gasteiger partial charge in [0.2, 0.25) is 0 Å². The molecule has 2 aliphatic rings. The topological polar surface area (TPSA) is 97.4 Å². The van der Waals surface area contributed by atoms with E-state index in [1.165, 1.54) is 0 Å². The van der Waals surface area contributed by atoms with Crippen LogP contribution < -0.4 is 10.1 Å². The minimum absolute atomic E-state index is 0.0975. The zero-order valence-electron chi connectivity index (χ0n) is 21.7. The van der Waals surface area contributed by atoms with E-state index in [1.807, 2.05) is 57.2 Å². The number of amides is 3. The summed E-state index contributed by atoms with van der Waals surface area (Å²) in [5.41, 5.74) is 1.80. The number of hydrogen-bond donors (Lipinski definition) is 1. The molecule has 1 N–H and O–H groups in total. The second-order valence-electron chi connectivity index (χ2n) is 10.2. The highest BCUT2D eigenvalue weighted by molar-refractivity contribution is 5.97. The predicted octanol–water partition coefficient (Wildman–Crippen LogP) is 4.00. The molecule has 9 nitrogen and oxygen atoms in total. The van der Waals surface area contributed by atoms with Crippen LogP contribution in [0.5, 0.6) is 5.75 Å². The fraction of sp³-hybridized carbons (Fsp3) is 0.464. The number of nitrogens with zero attached hydrogens (tertiary/aromatic N) is 2. The predicted molar refractivity (Wildman–Crippen MR) is 138 cm³/mol. The molecule has 2 aromatic carbocycles. The Bertz CT molecular complexity index is 1110. The summed E-state index contributed by atoms with van der Waals surface area (Å²) in [6.45, 7) is 7.55. The third kappa shape index (κ3) is 6.93. The number of piperazine rings is 1. The first-order valence-corrected chi connectivity index (χ1v) is 12.7. The number of fused-ring (bicyclic) bond motifs is 1. The van der Waals surface area contributed by atoms with Crippen molar-refractivity contribution in [2.75, 3.05) is 32.8 Å². The smallest absolute Gasteiger partial charge is 0.410 e. The SMILES string of the molecule is CC(C)(C)OC(=O)N1CCN(C(=O)OCc2ccccc2)C[C@H]1CCOc1cccc2c1CCNC2=O. The zero-order valence-corrected chi connectivity index (χ0v) is 21.7. The lowest BCUT2D eigenvalue weighted by molar-refractivity contribution is -0.00617. The molecule has 37 heavy (non-hydrogen) atoms. The lowest BCUT2D eigenvalue weighted by Gasteiger charge is -2.41. The molecule has 0 aliphatic carbocycles. The van der Waals surface area contributed by atoms with Gasteiger partial charge in [-0.05, 0) is 44.9 Å². The number of benzene rings is 2. The zero-order chi connectivity index (χ0) is 26.4. The summed E-state index contributed by atoms with van der Waals surface area (Å²) in [6, 6.07) is 14.7. The lowest BCUT2D eigenvalue weighted by atomic mass is 9.99. The van der Waals surface area contributed by atoms with Crippen LogP contribution in [0.15, 0.2) is 48.5 Å². The number of rotatable bonds is 6. The van der Waals surface area contributed by atoms with E-state index in [4.69, 9.17) is 14.2 Å². The first-order valence-electron chi connectivity index (χ1n) is 12.7. The molecule has 0 unspecified atom stereocenters. The van der Waals surface area contributed by atoms with Crippen LogP contribution in [0.1, 0.15) is 48.7 Å². The molecule has 2 aliphatic heterocycles. The van der Waals surface area contributed by atoms with Gasteiger partial charge < -0.3 is 29.3 Å². The summed E-state index contributed by atoms with van der Waals surface area (Å²) in [5.74, 6) is 0.575. The maximum absolute atomic E-state index is 13.0. The van der Waals surface area contributed by atoms with E-state index in [2.05, 4.69) is 5.32 Å². The Labute approximate surface area is 217 Å². The Morgan fingerprint density at radius 3 is 2.57 bits per heavy atom. The molecule has 1 fully saturated rings. The molecule has 0 aromatic heterocycles. The van der Waals surface area contributed by atoms with Crippen molar-refractivity contribution in [3.05, 3.63) is 65.2 Å². The fourth-order valence-electron chi connectivity index (χ4n) is 4.51. The van der Waals surface area contributed by atoms with Gasteiger partial charge in [0.25, 0.3) is 5.91 Å². The van der Waals surface area contributed by atoms with Crippen LogP contribution >= 0.6 is 0 Å². The monoisotopic (exact) mass is 509 g/mol. The van der Waals surface area contributed by atoms with E-state index in [0.717, 1.165) is 11.1 Å². The maximum atomic E-state index is 13.0. The molecular formula is C28H35N3O6. The number of carbonyl (C=O) groups is 3. The van der Waals surface area contributed by atoms with E-state index in [0.29, 0.717) is 56.9 Å². The van der Waals surface area contributed by atoms with Gasteiger partial charge in [-0.1, -0.05) is 36.4 Å². The molecule has 0 radical (unpaired) electrons. The maximum Gasteiger partial charge on any atom is 0.410 e. The van der Waals surface area contributed by atoms with Crippen molar-refractivity contribution in [1.82, 2.24) is 15.1 Å². The van der Waals surface area contributed by atoms with Gasteiger partial charge in [-0.25, -0.2) is 9.59 Å². The van der Waals surface area contributed by atoms with Crippen molar-refractivity contribution in [2.45, 2.75) is 51.9 Å². The fourth-order valence-corrected chi connectivity index (χ4v) is 4.51. The lowest BCUT2D eigenvalue weighted by Crippen LogP contribution is -2.57. The summed E-state index contributed by atoms with van der Waals surface area (Å²) in [4.78, 5) is 41.2. The average molecular weight is 510 g/mol. The third-order valence-corrected chi connectivity index (χ3v) is 6.32. The van der Waals surface area contributed by atoms with Crippen LogP contribution in [0.25, 0.3) is 0 Å². The Hall–Kier alpha value is -3.75. The highest BCUT2D eigenvalue weighted by Crippen LogP contribution is 2.26. The Morgan fingerprint density at radius 1 is 1.03 bits per heavy atom. The van der Waals surface area contributed by atoms with E-state index < -0.39 is 17.8 Å². The van der Waals surface area contributed by atoms with Crippen LogP contribution in [-0.4, -0.2) is 72.3 Å². The molecular weight excluding hydrogens is 474 g/mol. The largest absolute Gasteiger partial charge is 0.493 e. The van der Waals surface area contributed by atoms with Crippen LogP contribution in [0.2, 0.25) is 0 Å². The van der Waals surface area contributed by atoms with Gasteiger partial charge in [-0.3, -0.25) is 4.79 Å². The molecule has 0 bridgehead atoms. The second kappa shape index (κ2) is 11.5. The van der Waals surface area contributed by atoms with Crippen molar-refractivity contribution in [1.29, 1.82) is 0 Å². The average Bonchev–Trinajstić information content (AvgIpc) is 2.87. The Morgan fingerprint density at radius 2 is 1.81 bits per heavy atom. The highest BCUT2D eigenvalue weighted by atomic mass is 16.6. The van der Waals surface area contributed by atoms with Crippen molar-refractivity contribution in [3.8, 4) is 5.75 Å². The van der Waals surface area contributed by atoms with Crippen LogP contribution in [0, 0.1) is 0 Å². The van der Waals surface area contributed by atoms with Crippen molar-refractivity contribution >= 4 is 18.1 Å². The summed E-state index contributed by atoms with van der Waals surface area (Å²) in [7, 11) is 0. The van der Waals surface area contributed by atoms with Gasteiger partial charge in [0, 0.05) is 43.7 Å². The third-order valence-electron chi connectivity index (χ3n) is 6.32. The molecule has 2 heterocycles. The van der Waals surface area contributed by atoms with E-state index in [1.54, 1.807) is 21.9 Å². The summed E-state index contributed by atoms with van der Waals surface area (Å²) >= 11 is 0. The van der Waals surface area contributed by atoms with Crippen LogP contribution in [0.3, 0.4) is 0 Å². The standard InChI is InChI=1S/C28H35N3O6/c1-28(2,3)37-27(34)31-16-15-30(26(33)36-19-20-8-5-4-6-9-20)18-21(31)13-17-35-24-11-7-10-23-22(24)12-14-29-25(23)32/h4-11,21H,12-19H2,1-3H3,(H,29,32)/t21-/m1/s1. The van der Waals surface area contributed by atoms with Crippen molar-refractivity contribution < 1.29 is 28.6 Å². The molecule has 0 saturated carbocycles. The molecule has 1 atom stereocenters. The Balaban J connectivity index is 1.41. The van der Waals surface area contributed by atoms with E-state index >= 15 is 0 Å². The van der Waals surface area contributed by atoms with E-state index in [-0.39, 0.29) is 18.6 Å². The molecule has 4 rings (SSSR count). The number of hydrogen-bond acceptors (Lipinski definition) is 6. The van der Waals surface area contributed by atoms with Crippen molar-refractivity contribution in [3.63, 3.8) is 0 Å². The summed E-state index contributed by atoms with van der Waals surface area (Å²) in [5, 5.41) is 2.84. The van der Waals surface area contributed by atoms with Crippen LogP contribution in [-0.2, 0) is 22.5 Å².